The lowest BCUT2D eigenvalue weighted by atomic mass is 10.1. The molecule has 0 bridgehead atoms. The molecular weight excluding hydrogens is 288 g/mol. The Bertz CT molecular complexity index is 732. The number of pyridine rings is 1. The van der Waals surface area contributed by atoms with E-state index >= 15 is 0 Å². The Kier molecular flexibility index (Phi) is 3.43. The van der Waals surface area contributed by atoms with E-state index in [9.17, 15) is 14.9 Å². The molecule has 0 spiro atoms. The van der Waals surface area contributed by atoms with Gasteiger partial charge in [-0.05, 0) is 12.1 Å². The molecule has 1 aromatic carbocycles. The number of nitrogens with zero attached hydrogens (tertiary/aromatic N) is 3. The standard InChI is InChI=1S/C14H12N4O4/c1-17(12-7-6-9(8-15-12)18(20)21)16-13-10-4-2-3-5-11(10)14(19)22-13/h2-8,13,16H,1H3/t13-/m1/s1. The van der Waals surface area contributed by atoms with E-state index in [1.807, 2.05) is 6.07 Å². The number of ether oxygens (including phenoxy) is 1. The number of cyclic esters (lactones) is 1. The van der Waals surface area contributed by atoms with Crippen molar-refractivity contribution in [3.63, 3.8) is 0 Å². The van der Waals surface area contributed by atoms with Gasteiger partial charge in [-0.25, -0.2) is 9.78 Å². The minimum absolute atomic E-state index is 0.0882. The van der Waals surface area contributed by atoms with Crippen LogP contribution in [0.2, 0.25) is 0 Å². The summed E-state index contributed by atoms with van der Waals surface area (Å²) in [6, 6.07) is 9.95. The lowest BCUT2D eigenvalue weighted by Crippen LogP contribution is -2.38. The molecule has 1 aromatic heterocycles. The summed E-state index contributed by atoms with van der Waals surface area (Å²) in [5.41, 5.74) is 4.16. The van der Waals surface area contributed by atoms with Crippen LogP contribution in [0.1, 0.15) is 22.1 Å². The van der Waals surface area contributed by atoms with Crippen molar-refractivity contribution in [1.29, 1.82) is 0 Å². The van der Waals surface area contributed by atoms with E-state index in [-0.39, 0.29) is 5.69 Å². The average molecular weight is 300 g/mol. The van der Waals surface area contributed by atoms with Crippen LogP contribution in [-0.2, 0) is 4.74 Å². The van der Waals surface area contributed by atoms with E-state index in [0.717, 1.165) is 5.56 Å². The van der Waals surface area contributed by atoms with Crippen molar-refractivity contribution in [2.75, 3.05) is 12.1 Å². The summed E-state index contributed by atoms with van der Waals surface area (Å²) < 4.78 is 5.26. The van der Waals surface area contributed by atoms with Crippen LogP contribution in [0.4, 0.5) is 11.5 Å². The number of esters is 1. The molecule has 0 fully saturated rings. The van der Waals surface area contributed by atoms with Gasteiger partial charge in [0.05, 0.1) is 10.5 Å². The molecule has 0 saturated carbocycles. The van der Waals surface area contributed by atoms with Crippen LogP contribution in [0, 0.1) is 10.1 Å². The van der Waals surface area contributed by atoms with Crippen molar-refractivity contribution in [1.82, 2.24) is 10.4 Å². The molecular formula is C14H12N4O4. The maximum absolute atomic E-state index is 11.7. The zero-order valence-corrected chi connectivity index (χ0v) is 11.6. The van der Waals surface area contributed by atoms with Crippen molar-refractivity contribution < 1.29 is 14.5 Å². The fourth-order valence-electron chi connectivity index (χ4n) is 2.17. The van der Waals surface area contributed by atoms with Crippen molar-refractivity contribution in [2.45, 2.75) is 6.23 Å². The van der Waals surface area contributed by atoms with E-state index in [4.69, 9.17) is 4.74 Å². The fourth-order valence-corrected chi connectivity index (χ4v) is 2.17. The molecule has 22 heavy (non-hydrogen) atoms. The maximum atomic E-state index is 11.7. The summed E-state index contributed by atoms with van der Waals surface area (Å²) in [4.78, 5) is 25.8. The largest absolute Gasteiger partial charge is 0.437 e. The molecule has 2 aromatic rings. The first kappa shape index (κ1) is 14.0. The number of aromatic nitrogens is 1. The van der Waals surface area contributed by atoms with Crippen LogP contribution in [0.25, 0.3) is 0 Å². The third-order valence-corrected chi connectivity index (χ3v) is 3.29. The molecule has 0 aliphatic carbocycles. The molecule has 3 rings (SSSR count). The Hall–Kier alpha value is -3.00. The summed E-state index contributed by atoms with van der Waals surface area (Å²) in [7, 11) is 1.68. The Balaban J connectivity index is 1.76. The monoisotopic (exact) mass is 300 g/mol. The maximum Gasteiger partial charge on any atom is 0.340 e. The van der Waals surface area contributed by atoms with Gasteiger partial charge < -0.3 is 4.74 Å². The number of rotatable bonds is 4. The van der Waals surface area contributed by atoms with Crippen molar-refractivity contribution in [2.24, 2.45) is 0 Å². The molecule has 0 amide bonds. The Morgan fingerprint density at radius 1 is 1.32 bits per heavy atom. The minimum atomic E-state index is -0.620. The van der Waals surface area contributed by atoms with E-state index in [1.54, 1.807) is 30.3 Å². The van der Waals surface area contributed by atoms with Gasteiger partial charge in [0, 0.05) is 18.7 Å². The van der Waals surface area contributed by atoms with Crippen LogP contribution >= 0.6 is 0 Å². The first-order chi connectivity index (χ1) is 10.6. The molecule has 1 aliphatic rings. The van der Waals surface area contributed by atoms with Crippen molar-refractivity contribution in [3.8, 4) is 0 Å². The highest BCUT2D eigenvalue weighted by molar-refractivity contribution is 5.93. The third kappa shape index (κ3) is 2.47. The molecule has 0 radical (unpaired) electrons. The first-order valence-corrected chi connectivity index (χ1v) is 6.46. The molecule has 0 unspecified atom stereocenters. The highest BCUT2D eigenvalue weighted by Crippen LogP contribution is 2.28. The van der Waals surface area contributed by atoms with E-state index in [0.29, 0.717) is 11.4 Å². The fraction of sp³-hybridized carbons (Fsp3) is 0.143. The SMILES string of the molecule is CN(N[C@@H]1OC(=O)c2ccccc21)c1ccc([N+](=O)[O-])cn1. The van der Waals surface area contributed by atoms with Gasteiger partial charge in [-0.3, -0.25) is 15.1 Å². The quantitative estimate of drug-likeness (QED) is 0.522. The molecule has 1 aliphatic heterocycles. The van der Waals surface area contributed by atoms with Crippen LogP contribution < -0.4 is 10.4 Å². The number of nitro groups is 1. The van der Waals surface area contributed by atoms with Gasteiger partial charge in [-0.1, -0.05) is 18.2 Å². The number of hydrogen-bond acceptors (Lipinski definition) is 7. The lowest BCUT2D eigenvalue weighted by molar-refractivity contribution is -0.385. The summed E-state index contributed by atoms with van der Waals surface area (Å²) in [5.74, 6) is 0.0733. The van der Waals surface area contributed by atoms with Crippen LogP contribution in [0.5, 0.6) is 0 Å². The molecule has 2 heterocycles. The smallest absolute Gasteiger partial charge is 0.340 e. The molecule has 0 saturated heterocycles. The highest BCUT2D eigenvalue weighted by Gasteiger charge is 2.31. The van der Waals surface area contributed by atoms with E-state index in [1.165, 1.54) is 18.3 Å². The van der Waals surface area contributed by atoms with Gasteiger partial charge in [0.1, 0.15) is 12.0 Å². The van der Waals surface area contributed by atoms with Crippen LogP contribution in [0.3, 0.4) is 0 Å². The van der Waals surface area contributed by atoms with Gasteiger partial charge in [0.25, 0.3) is 5.69 Å². The lowest BCUT2D eigenvalue weighted by Gasteiger charge is -2.23. The van der Waals surface area contributed by atoms with Gasteiger partial charge in [0.15, 0.2) is 6.23 Å². The summed E-state index contributed by atoms with van der Waals surface area (Å²) >= 11 is 0. The Morgan fingerprint density at radius 2 is 2.09 bits per heavy atom. The van der Waals surface area contributed by atoms with Crippen LogP contribution in [0.15, 0.2) is 42.6 Å². The highest BCUT2D eigenvalue weighted by atomic mass is 16.6. The van der Waals surface area contributed by atoms with Crippen LogP contribution in [-0.4, -0.2) is 22.9 Å². The Morgan fingerprint density at radius 3 is 2.77 bits per heavy atom. The predicted molar refractivity (Wildman–Crippen MR) is 77.0 cm³/mol. The molecule has 1 atom stereocenters. The zero-order valence-electron chi connectivity index (χ0n) is 11.6. The molecule has 1 N–H and O–H groups in total. The van der Waals surface area contributed by atoms with Crippen molar-refractivity contribution in [3.05, 3.63) is 63.8 Å². The zero-order chi connectivity index (χ0) is 15.7. The first-order valence-electron chi connectivity index (χ1n) is 6.46. The second-order valence-corrected chi connectivity index (χ2v) is 4.69. The number of nitrogens with one attached hydrogen (secondary N) is 1. The predicted octanol–water partition coefficient (Wildman–Crippen LogP) is 1.80. The number of carbonyl (C=O) groups excluding carboxylic acids is 1. The number of anilines is 1. The number of hydrazine groups is 1. The topological polar surface area (TPSA) is 97.6 Å². The molecule has 8 heteroatoms. The third-order valence-electron chi connectivity index (χ3n) is 3.29. The van der Waals surface area contributed by atoms with E-state index in [2.05, 4.69) is 10.4 Å². The van der Waals surface area contributed by atoms with Crippen molar-refractivity contribution >= 4 is 17.5 Å². The summed E-state index contributed by atoms with van der Waals surface area (Å²) in [5, 5.41) is 12.2. The Labute approximate surface area is 125 Å². The summed E-state index contributed by atoms with van der Waals surface area (Å²) in [6.45, 7) is 0. The number of hydrogen-bond donors (Lipinski definition) is 1. The van der Waals surface area contributed by atoms with Gasteiger partial charge in [0.2, 0.25) is 0 Å². The summed E-state index contributed by atoms with van der Waals surface area (Å²) in [6.07, 6.45) is 0.549. The van der Waals surface area contributed by atoms with Gasteiger partial charge in [-0.2, -0.15) is 5.43 Å². The number of carbonyl (C=O) groups is 1. The van der Waals surface area contributed by atoms with E-state index < -0.39 is 17.1 Å². The number of fused-ring (bicyclic) bond motifs is 1. The second-order valence-electron chi connectivity index (χ2n) is 4.69. The molecule has 8 nitrogen and oxygen atoms in total. The molecule has 112 valence electrons. The normalized spacial score (nSPS) is 16.0. The van der Waals surface area contributed by atoms with Gasteiger partial charge in [-0.15, -0.1) is 0 Å². The minimum Gasteiger partial charge on any atom is -0.437 e. The average Bonchev–Trinajstić information content (AvgIpc) is 2.84. The number of benzene rings is 1. The van der Waals surface area contributed by atoms with Gasteiger partial charge >= 0.3 is 5.97 Å². The second kappa shape index (κ2) is 5.41.